The van der Waals surface area contributed by atoms with E-state index in [1.54, 1.807) is 30.3 Å². The molecule has 2 rings (SSSR count). The molecule has 1 aliphatic rings. The van der Waals surface area contributed by atoms with Crippen LogP contribution in [0.2, 0.25) is 0 Å². The second kappa shape index (κ2) is 9.31. The Morgan fingerprint density at radius 1 is 1.28 bits per heavy atom. The van der Waals surface area contributed by atoms with Gasteiger partial charge in [-0.3, -0.25) is 0 Å². The molecule has 6 nitrogen and oxygen atoms in total. The number of ether oxygens (including phenoxy) is 2. The van der Waals surface area contributed by atoms with Gasteiger partial charge < -0.3 is 19.7 Å². The average molecular weight is 409 g/mol. The lowest BCUT2D eigenvalue weighted by Gasteiger charge is -2.06. The number of hydrogen-bond acceptors (Lipinski definition) is 6. The summed E-state index contributed by atoms with van der Waals surface area (Å²) >= 11 is 3.28. The monoisotopic (exact) mass is 408 g/mol. The Morgan fingerprint density at radius 3 is 2.68 bits per heavy atom. The third-order valence-electron chi connectivity index (χ3n) is 3.34. The van der Waals surface area contributed by atoms with E-state index in [2.05, 4.69) is 15.9 Å². The van der Waals surface area contributed by atoms with Gasteiger partial charge in [-0.1, -0.05) is 28.1 Å². The highest BCUT2D eigenvalue weighted by atomic mass is 79.9. The van der Waals surface area contributed by atoms with Crippen LogP contribution in [0.3, 0.4) is 0 Å². The summed E-state index contributed by atoms with van der Waals surface area (Å²) in [6.07, 6.45) is 5.36. The predicted molar refractivity (Wildman–Crippen MR) is 93.8 cm³/mol. The number of hydrogen-bond donors (Lipinski definition) is 2. The van der Waals surface area contributed by atoms with Gasteiger partial charge in [-0.05, 0) is 42.5 Å². The van der Waals surface area contributed by atoms with E-state index in [9.17, 15) is 14.7 Å². The zero-order valence-corrected chi connectivity index (χ0v) is 14.8. The molecule has 0 aromatic heterocycles. The Balaban J connectivity index is 1.86. The third-order valence-corrected chi connectivity index (χ3v) is 3.87. The summed E-state index contributed by atoms with van der Waals surface area (Å²) in [4.78, 5) is 23.5. The first-order valence-corrected chi connectivity index (χ1v) is 8.28. The first kappa shape index (κ1) is 19.1. The number of aliphatic hydroxyl groups is 2. The smallest absolute Gasteiger partial charge is 0.338 e. The van der Waals surface area contributed by atoms with Crippen LogP contribution in [0.15, 0.2) is 64.7 Å². The molecular weight excluding hydrogens is 392 g/mol. The number of halogens is 1. The fourth-order valence-electron chi connectivity index (χ4n) is 2.08. The van der Waals surface area contributed by atoms with Crippen LogP contribution in [0.25, 0.3) is 0 Å². The quantitative estimate of drug-likeness (QED) is 0.424. The van der Waals surface area contributed by atoms with Crippen molar-refractivity contribution in [3.8, 4) is 0 Å². The van der Waals surface area contributed by atoms with E-state index in [4.69, 9.17) is 14.6 Å². The van der Waals surface area contributed by atoms with Crippen molar-refractivity contribution in [1.82, 2.24) is 0 Å². The summed E-state index contributed by atoms with van der Waals surface area (Å²) < 4.78 is 10.9. The first-order chi connectivity index (χ1) is 12.0. The summed E-state index contributed by atoms with van der Waals surface area (Å²) in [5.41, 5.74) is 0.534. The van der Waals surface area contributed by atoms with Crippen molar-refractivity contribution >= 4 is 27.9 Å². The van der Waals surface area contributed by atoms with Gasteiger partial charge >= 0.3 is 11.9 Å². The summed E-state index contributed by atoms with van der Waals surface area (Å²) in [7, 11) is 0. The molecule has 0 amide bonds. The standard InChI is InChI=1S/C18H17BrO6/c19-13-8-6-12(7-9-13)17(22)24-11-2-1-4-14-16(21)15(5-3-10-20)25-18(14)23/h1-9,15-16,20-21H,10-11H2/b2-1+,5-3+,14-4+/t15-,16+/m1/s1. The predicted octanol–water partition coefficient (Wildman–Crippen LogP) is 1.92. The molecule has 25 heavy (non-hydrogen) atoms. The fraction of sp³-hybridized carbons (Fsp3) is 0.222. The minimum absolute atomic E-state index is 0.0255. The van der Waals surface area contributed by atoms with Crippen LogP contribution < -0.4 is 0 Å². The summed E-state index contributed by atoms with van der Waals surface area (Å²) in [5.74, 6) is -1.09. The van der Waals surface area contributed by atoms with Crippen molar-refractivity contribution in [3.05, 3.63) is 70.3 Å². The van der Waals surface area contributed by atoms with Crippen molar-refractivity contribution in [2.45, 2.75) is 12.2 Å². The highest BCUT2D eigenvalue weighted by molar-refractivity contribution is 9.10. The molecule has 1 aromatic carbocycles. The lowest BCUT2D eigenvalue weighted by Crippen LogP contribution is -2.19. The normalized spacial score (nSPS) is 22.0. The van der Waals surface area contributed by atoms with Crippen molar-refractivity contribution < 1.29 is 29.3 Å². The topological polar surface area (TPSA) is 93.1 Å². The largest absolute Gasteiger partial charge is 0.458 e. The SMILES string of the molecule is O=C1O[C@H](/C=C/CO)[C@@H](O)/C1=C\C=C\COC(=O)c1ccc(Br)cc1. The molecule has 1 aromatic rings. The summed E-state index contributed by atoms with van der Waals surface area (Å²) in [6.45, 7) is -0.179. The minimum Gasteiger partial charge on any atom is -0.458 e. The van der Waals surface area contributed by atoms with Crippen molar-refractivity contribution in [2.75, 3.05) is 13.2 Å². The van der Waals surface area contributed by atoms with Crippen molar-refractivity contribution in [1.29, 1.82) is 0 Å². The molecule has 1 fully saturated rings. The Morgan fingerprint density at radius 2 is 2.00 bits per heavy atom. The van der Waals surface area contributed by atoms with Crippen molar-refractivity contribution in [2.24, 2.45) is 0 Å². The highest BCUT2D eigenvalue weighted by Gasteiger charge is 2.36. The molecule has 132 valence electrons. The van der Waals surface area contributed by atoms with Crippen LogP contribution >= 0.6 is 15.9 Å². The Bertz CT molecular complexity index is 705. The molecular formula is C18H17BrO6. The molecule has 1 heterocycles. The Labute approximate surface area is 153 Å². The lowest BCUT2D eigenvalue weighted by molar-refractivity contribution is -0.137. The average Bonchev–Trinajstić information content (AvgIpc) is 2.87. The number of allylic oxidation sites excluding steroid dienone is 2. The molecule has 1 aliphatic heterocycles. The van der Waals surface area contributed by atoms with E-state index in [1.807, 2.05) is 0 Å². The van der Waals surface area contributed by atoms with Crippen LogP contribution in [-0.4, -0.2) is 47.6 Å². The maximum atomic E-state index is 11.8. The third kappa shape index (κ3) is 5.38. The van der Waals surface area contributed by atoms with Crippen LogP contribution in [0.5, 0.6) is 0 Å². The van der Waals surface area contributed by atoms with Crippen LogP contribution in [0, 0.1) is 0 Å². The van der Waals surface area contributed by atoms with E-state index < -0.39 is 24.1 Å². The number of carbonyl (C=O) groups excluding carboxylic acids is 2. The molecule has 0 saturated carbocycles. The number of benzene rings is 1. The minimum atomic E-state index is -1.11. The number of esters is 2. The first-order valence-electron chi connectivity index (χ1n) is 7.49. The molecule has 0 radical (unpaired) electrons. The zero-order chi connectivity index (χ0) is 18.2. The van der Waals surface area contributed by atoms with Gasteiger partial charge in [0.1, 0.15) is 12.7 Å². The van der Waals surface area contributed by atoms with Gasteiger partial charge in [0.05, 0.1) is 17.7 Å². The van der Waals surface area contributed by atoms with Crippen LogP contribution in [0.1, 0.15) is 10.4 Å². The molecule has 2 atom stereocenters. The van der Waals surface area contributed by atoms with Gasteiger partial charge in [0.2, 0.25) is 0 Å². The van der Waals surface area contributed by atoms with Gasteiger partial charge in [0.15, 0.2) is 6.10 Å². The lowest BCUT2D eigenvalue weighted by atomic mass is 10.1. The van der Waals surface area contributed by atoms with Gasteiger partial charge in [0.25, 0.3) is 0 Å². The van der Waals surface area contributed by atoms with Gasteiger partial charge in [-0.15, -0.1) is 0 Å². The summed E-state index contributed by atoms with van der Waals surface area (Å²) in [6, 6.07) is 6.77. The van der Waals surface area contributed by atoms with Gasteiger partial charge in [-0.2, -0.15) is 0 Å². The van der Waals surface area contributed by atoms with Crippen LogP contribution in [-0.2, 0) is 14.3 Å². The number of rotatable bonds is 6. The second-order valence-corrected chi connectivity index (χ2v) is 6.00. The summed E-state index contributed by atoms with van der Waals surface area (Å²) in [5, 5.41) is 18.7. The molecule has 0 bridgehead atoms. The van der Waals surface area contributed by atoms with E-state index >= 15 is 0 Å². The zero-order valence-electron chi connectivity index (χ0n) is 13.2. The maximum Gasteiger partial charge on any atom is 0.338 e. The Kier molecular flexibility index (Phi) is 7.12. The Hall–Kier alpha value is -2.22. The fourth-order valence-corrected chi connectivity index (χ4v) is 2.34. The van der Waals surface area contributed by atoms with E-state index in [0.717, 1.165) is 4.47 Å². The van der Waals surface area contributed by atoms with E-state index in [1.165, 1.54) is 24.3 Å². The molecule has 2 N–H and O–H groups in total. The molecule has 7 heteroatoms. The number of carbonyl (C=O) groups is 2. The number of cyclic esters (lactones) is 1. The molecule has 0 spiro atoms. The maximum absolute atomic E-state index is 11.8. The second-order valence-electron chi connectivity index (χ2n) is 5.08. The van der Waals surface area contributed by atoms with Crippen LogP contribution in [0.4, 0.5) is 0 Å². The molecule has 1 saturated heterocycles. The molecule has 0 unspecified atom stereocenters. The van der Waals surface area contributed by atoms with Gasteiger partial charge in [-0.25, -0.2) is 9.59 Å². The van der Waals surface area contributed by atoms with E-state index in [-0.39, 0.29) is 18.8 Å². The van der Waals surface area contributed by atoms with Crippen molar-refractivity contribution in [3.63, 3.8) is 0 Å². The van der Waals surface area contributed by atoms with E-state index in [0.29, 0.717) is 5.56 Å². The molecule has 0 aliphatic carbocycles. The highest BCUT2D eigenvalue weighted by Crippen LogP contribution is 2.22. The number of aliphatic hydroxyl groups excluding tert-OH is 2. The van der Waals surface area contributed by atoms with Gasteiger partial charge in [0, 0.05) is 4.47 Å².